The Balaban J connectivity index is 1.58. The SMILES string of the molecule is C=C(C)C(=O)OCCCCCCCCOc1ccc(N=Nc2cccc(C(C)C)c2)cc1. The first-order valence-electron chi connectivity index (χ1n) is 11.5. The molecule has 2 aromatic rings. The highest BCUT2D eigenvalue weighted by Gasteiger charge is 2.02. The van der Waals surface area contributed by atoms with E-state index in [1.807, 2.05) is 36.4 Å². The average molecular weight is 437 g/mol. The Hall–Kier alpha value is -2.95. The van der Waals surface area contributed by atoms with Crippen LogP contribution in [0.3, 0.4) is 0 Å². The molecule has 0 N–H and O–H groups in total. The Morgan fingerprint density at radius 3 is 2.16 bits per heavy atom. The molecule has 0 bridgehead atoms. The molecule has 0 unspecified atom stereocenters. The molecule has 0 fully saturated rings. The van der Waals surface area contributed by atoms with Gasteiger partial charge in [-0.05, 0) is 67.6 Å². The van der Waals surface area contributed by atoms with E-state index < -0.39 is 0 Å². The highest BCUT2D eigenvalue weighted by Crippen LogP contribution is 2.24. The topological polar surface area (TPSA) is 60.2 Å². The van der Waals surface area contributed by atoms with Gasteiger partial charge in [-0.15, -0.1) is 0 Å². The van der Waals surface area contributed by atoms with E-state index in [4.69, 9.17) is 9.47 Å². The fraction of sp³-hybridized carbons (Fsp3) is 0.444. The molecule has 2 rings (SSSR count). The smallest absolute Gasteiger partial charge is 0.333 e. The van der Waals surface area contributed by atoms with Gasteiger partial charge in [-0.1, -0.05) is 58.2 Å². The summed E-state index contributed by atoms with van der Waals surface area (Å²) in [5, 5.41) is 8.67. The van der Waals surface area contributed by atoms with Crippen LogP contribution in [0.2, 0.25) is 0 Å². The number of rotatable bonds is 14. The van der Waals surface area contributed by atoms with E-state index in [2.05, 4.69) is 42.8 Å². The summed E-state index contributed by atoms with van der Waals surface area (Å²) in [7, 11) is 0. The van der Waals surface area contributed by atoms with Crippen molar-refractivity contribution < 1.29 is 14.3 Å². The molecule has 0 amide bonds. The van der Waals surface area contributed by atoms with Gasteiger partial charge >= 0.3 is 5.97 Å². The minimum Gasteiger partial charge on any atom is -0.494 e. The maximum atomic E-state index is 11.3. The zero-order valence-corrected chi connectivity index (χ0v) is 19.7. The van der Waals surface area contributed by atoms with Gasteiger partial charge in [-0.3, -0.25) is 0 Å². The first kappa shape index (κ1) is 25.3. The highest BCUT2D eigenvalue weighted by atomic mass is 16.5. The van der Waals surface area contributed by atoms with Crippen molar-refractivity contribution in [3.8, 4) is 5.75 Å². The van der Waals surface area contributed by atoms with Gasteiger partial charge in [-0.2, -0.15) is 10.2 Å². The second-order valence-electron chi connectivity index (χ2n) is 8.33. The summed E-state index contributed by atoms with van der Waals surface area (Å²) >= 11 is 0. The Labute approximate surface area is 192 Å². The summed E-state index contributed by atoms with van der Waals surface area (Å²) in [5.41, 5.74) is 3.39. The third kappa shape index (κ3) is 9.90. The molecule has 5 heteroatoms. The van der Waals surface area contributed by atoms with E-state index in [0.29, 0.717) is 24.7 Å². The number of benzene rings is 2. The Morgan fingerprint density at radius 2 is 1.50 bits per heavy atom. The molecule has 0 radical (unpaired) electrons. The van der Waals surface area contributed by atoms with Crippen molar-refractivity contribution in [3.05, 3.63) is 66.2 Å². The lowest BCUT2D eigenvalue weighted by molar-refractivity contribution is -0.139. The number of unbranched alkanes of at least 4 members (excludes halogenated alkanes) is 5. The molecule has 0 aliphatic rings. The molecule has 5 nitrogen and oxygen atoms in total. The van der Waals surface area contributed by atoms with E-state index in [0.717, 1.165) is 55.6 Å². The molecule has 32 heavy (non-hydrogen) atoms. The number of carbonyl (C=O) groups excluding carboxylic acids is 1. The van der Waals surface area contributed by atoms with Crippen LogP contribution in [0.4, 0.5) is 11.4 Å². The van der Waals surface area contributed by atoms with Crippen molar-refractivity contribution >= 4 is 17.3 Å². The van der Waals surface area contributed by atoms with E-state index in [-0.39, 0.29) is 5.97 Å². The monoisotopic (exact) mass is 436 g/mol. The molecular formula is C27H36N2O3. The van der Waals surface area contributed by atoms with Gasteiger partial charge in [0.25, 0.3) is 0 Å². The first-order valence-corrected chi connectivity index (χ1v) is 11.5. The Bertz CT molecular complexity index is 873. The van der Waals surface area contributed by atoms with E-state index in [1.165, 1.54) is 5.56 Å². The third-order valence-electron chi connectivity index (χ3n) is 5.04. The lowest BCUT2D eigenvalue weighted by atomic mass is 10.0. The standard InChI is InChI=1S/C27H36N2O3/c1-21(2)23-12-11-13-25(20-23)29-28-24-14-16-26(17-15-24)31-18-9-7-5-6-8-10-19-32-27(30)22(3)4/h11-17,20-21H,3,5-10,18-19H2,1-2,4H3. The molecule has 0 aliphatic carbocycles. The maximum absolute atomic E-state index is 11.3. The van der Waals surface area contributed by atoms with Crippen molar-refractivity contribution in [1.29, 1.82) is 0 Å². The number of ether oxygens (including phenoxy) is 2. The van der Waals surface area contributed by atoms with Gasteiger partial charge in [-0.25, -0.2) is 4.79 Å². The summed E-state index contributed by atoms with van der Waals surface area (Å²) in [6, 6.07) is 15.9. The Kier molecular flexibility index (Phi) is 11.2. The number of hydrogen-bond acceptors (Lipinski definition) is 5. The second-order valence-corrected chi connectivity index (χ2v) is 8.33. The number of esters is 1. The minimum absolute atomic E-state index is 0.297. The number of carbonyl (C=O) groups is 1. The number of azo groups is 1. The molecular weight excluding hydrogens is 400 g/mol. The van der Waals surface area contributed by atoms with Crippen molar-refractivity contribution in [2.45, 2.75) is 65.2 Å². The summed E-state index contributed by atoms with van der Waals surface area (Å²) in [6.07, 6.45) is 6.44. The molecule has 0 aromatic heterocycles. The lowest BCUT2D eigenvalue weighted by Crippen LogP contribution is -2.06. The zero-order valence-electron chi connectivity index (χ0n) is 19.7. The molecule has 172 valence electrons. The van der Waals surface area contributed by atoms with Crippen LogP contribution in [0.25, 0.3) is 0 Å². The van der Waals surface area contributed by atoms with Crippen molar-refractivity contribution in [1.82, 2.24) is 0 Å². The quantitative estimate of drug-likeness (QED) is 0.130. The maximum Gasteiger partial charge on any atom is 0.333 e. The van der Waals surface area contributed by atoms with Crippen LogP contribution in [-0.4, -0.2) is 19.2 Å². The lowest BCUT2D eigenvalue weighted by Gasteiger charge is -2.07. The van der Waals surface area contributed by atoms with Crippen LogP contribution in [-0.2, 0) is 9.53 Å². The largest absolute Gasteiger partial charge is 0.494 e. The first-order chi connectivity index (χ1) is 15.5. The fourth-order valence-corrected chi connectivity index (χ4v) is 3.06. The zero-order chi connectivity index (χ0) is 23.2. The summed E-state index contributed by atoms with van der Waals surface area (Å²) in [4.78, 5) is 11.3. The average Bonchev–Trinajstić information content (AvgIpc) is 2.79. The van der Waals surface area contributed by atoms with Gasteiger partial charge in [0.1, 0.15) is 5.75 Å². The van der Waals surface area contributed by atoms with Gasteiger partial charge in [0.15, 0.2) is 0 Å². The molecule has 0 spiro atoms. The van der Waals surface area contributed by atoms with Crippen molar-refractivity contribution in [2.75, 3.05) is 13.2 Å². The van der Waals surface area contributed by atoms with Gasteiger partial charge in [0, 0.05) is 5.57 Å². The van der Waals surface area contributed by atoms with E-state index in [9.17, 15) is 4.79 Å². The van der Waals surface area contributed by atoms with Gasteiger partial charge in [0.05, 0.1) is 24.6 Å². The van der Waals surface area contributed by atoms with Crippen LogP contribution in [0.15, 0.2) is 70.9 Å². The summed E-state index contributed by atoms with van der Waals surface area (Å²) in [5.74, 6) is 1.03. The van der Waals surface area contributed by atoms with Crippen LogP contribution in [0.1, 0.15) is 70.8 Å². The predicted molar refractivity (Wildman–Crippen MR) is 130 cm³/mol. The van der Waals surface area contributed by atoms with Crippen LogP contribution in [0, 0.1) is 0 Å². The molecule has 0 saturated heterocycles. The summed E-state index contributed by atoms with van der Waals surface area (Å²) in [6.45, 7) is 10.8. The van der Waals surface area contributed by atoms with Gasteiger partial charge < -0.3 is 9.47 Å². The van der Waals surface area contributed by atoms with Crippen molar-refractivity contribution in [3.63, 3.8) is 0 Å². The van der Waals surface area contributed by atoms with Crippen molar-refractivity contribution in [2.24, 2.45) is 10.2 Å². The molecule has 0 aliphatic heterocycles. The van der Waals surface area contributed by atoms with Crippen LogP contribution in [0.5, 0.6) is 5.75 Å². The Morgan fingerprint density at radius 1 is 0.875 bits per heavy atom. The number of nitrogens with zero attached hydrogens (tertiary/aromatic N) is 2. The second kappa shape index (κ2) is 14.2. The summed E-state index contributed by atoms with van der Waals surface area (Å²) < 4.78 is 10.9. The van der Waals surface area contributed by atoms with Gasteiger partial charge in [0.2, 0.25) is 0 Å². The fourth-order valence-electron chi connectivity index (χ4n) is 3.06. The van der Waals surface area contributed by atoms with Crippen LogP contribution < -0.4 is 4.74 Å². The highest BCUT2D eigenvalue weighted by molar-refractivity contribution is 5.86. The molecule has 0 saturated carbocycles. The molecule has 0 heterocycles. The molecule has 0 atom stereocenters. The predicted octanol–water partition coefficient (Wildman–Crippen LogP) is 8.06. The third-order valence-corrected chi connectivity index (χ3v) is 5.04. The van der Waals surface area contributed by atoms with E-state index >= 15 is 0 Å². The molecule has 2 aromatic carbocycles. The normalized spacial score (nSPS) is 11.1. The minimum atomic E-state index is -0.297. The van der Waals surface area contributed by atoms with E-state index in [1.54, 1.807) is 6.92 Å². The number of hydrogen-bond donors (Lipinski definition) is 0. The van der Waals surface area contributed by atoms with Crippen LogP contribution >= 0.6 is 0 Å².